The monoisotopic (exact) mass is 378 g/mol. The Morgan fingerprint density at radius 2 is 1.62 bits per heavy atom. The van der Waals surface area contributed by atoms with E-state index in [1.165, 1.54) is 0 Å². The molecule has 0 aliphatic carbocycles. The van der Waals surface area contributed by atoms with Crippen molar-refractivity contribution in [3.05, 3.63) is 103 Å². The van der Waals surface area contributed by atoms with Gasteiger partial charge in [0.15, 0.2) is 0 Å². The van der Waals surface area contributed by atoms with Crippen LogP contribution in [0.15, 0.2) is 91.4 Å². The SMILES string of the molecule is O=C1Nc2ccccc2/C1=C(/Nc1ccc(-c2c[nH]cn2)cc1)c1ccccc1. The molecule has 0 unspecified atom stereocenters. The molecule has 0 saturated carbocycles. The van der Waals surface area contributed by atoms with E-state index in [4.69, 9.17) is 0 Å². The predicted molar refractivity (Wildman–Crippen MR) is 116 cm³/mol. The summed E-state index contributed by atoms with van der Waals surface area (Å²) in [5.41, 5.74) is 6.91. The molecule has 3 aromatic carbocycles. The van der Waals surface area contributed by atoms with Gasteiger partial charge in [0.1, 0.15) is 0 Å². The Balaban J connectivity index is 1.59. The number of benzene rings is 3. The molecule has 5 rings (SSSR count). The summed E-state index contributed by atoms with van der Waals surface area (Å²) in [5, 5.41) is 6.43. The summed E-state index contributed by atoms with van der Waals surface area (Å²) in [7, 11) is 0. The maximum absolute atomic E-state index is 12.8. The van der Waals surface area contributed by atoms with Crippen molar-refractivity contribution in [1.82, 2.24) is 9.97 Å². The fourth-order valence-corrected chi connectivity index (χ4v) is 3.54. The molecular weight excluding hydrogens is 360 g/mol. The number of carbonyl (C=O) groups is 1. The molecule has 4 aromatic rings. The largest absolute Gasteiger partial charge is 0.354 e. The smallest absolute Gasteiger partial charge is 0.258 e. The molecule has 1 aliphatic heterocycles. The summed E-state index contributed by atoms with van der Waals surface area (Å²) < 4.78 is 0. The molecular formula is C24H18N4O. The summed E-state index contributed by atoms with van der Waals surface area (Å²) in [6.07, 6.45) is 3.52. The minimum atomic E-state index is -0.106. The van der Waals surface area contributed by atoms with Crippen molar-refractivity contribution in [3.63, 3.8) is 0 Å². The first kappa shape index (κ1) is 17.0. The molecule has 0 saturated heterocycles. The Bertz CT molecular complexity index is 1190. The number of nitrogens with one attached hydrogen (secondary N) is 3. The molecule has 3 N–H and O–H groups in total. The zero-order valence-corrected chi connectivity index (χ0v) is 15.5. The second kappa shape index (κ2) is 7.13. The summed E-state index contributed by atoms with van der Waals surface area (Å²) >= 11 is 0. The number of amides is 1. The number of imidazole rings is 1. The van der Waals surface area contributed by atoms with Crippen LogP contribution in [0.25, 0.3) is 22.5 Å². The third-order valence-corrected chi connectivity index (χ3v) is 4.93. The van der Waals surface area contributed by atoms with E-state index >= 15 is 0 Å². The first-order valence-corrected chi connectivity index (χ1v) is 9.36. The molecule has 140 valence electrons. The van der Waals surface area contributed by atoms with Crippen molar-refractivity contribution < 1.29 is 4.79 Å². The quantitative estimate of drug-likeness (QED) is 0.437. The van der Waals surface area contributed by atoms with Crippen LogP contribution in [0, 0.1) is 0 Å². The molecule has 0 radical (unpaired) electrons. The van der Waals surface area contributed by atoms with Gasteiger partial charge in [0.2, 0.25) is 0 Å². The van der Waals surface area contributed by atoms with Crippen molar-refractivity contribution in [3.8, 4) is 11.3 Å². The average Bonchev–Trinajstić information content (AvgIpc) is 3.41. The topological polar surface area (TPSA) is 69.8 Å². The van der Waals surface area contributed by atoms with Crippen molar-refractivity contribution in [2.24, 2.45) is 0 Å². The Kier molecular flexibility index (Phi) is 4.18. The van der Waals surface area contributed by atoms with Gasteiger partial charge in [-0.1, -0.05) is 60.7 Å². The van der Waals surface area contributed by atoms with E-state index in [0.29, 0.717) is 5.57 Å². The van der Waals surface area contributed by atoms with Gasteiger partial charge >= 0.3 is 0 Å². The van der Waals surface area contributed by atoms with E-state index in [0.717, 1.165) is 39.5 Å². The number of nitrogens with zero attached hydrogens (tertiary/aromatic N) is 1. The maximum Gasteiger partial charge on any atom is 0.258 e. The molecule has 1 aliphatic rings. The summed E-state index contributed by atoms with van der Waals surface area (Å²) in [6, 6.07) is 25.7. The van der Waals surface area contributed by atoms with Crippen molar-refractivity contribution in [2.45, 2.75) is 0 Å². The lowest BCUT2D eigenvalue weighted by atomic mass is 10.00. The number of fused-ring (bicyclic) bond motifs is 1. The lowest BCUT2D eigenvalue weighted by Crippen LogP contribution is -2.10. The minimum Gasteiger partial charge on any atom is -0.354 e. The first-order valence-electron chi connectivity index (χ1n) is 9.36. The van der Waals surface area contributed by atoms with Crippen LogP contribution in [0.3, 0.4) is 0 Å². The molecule has 0 spiro atoms. The molecule has 5 heteroatoms. The molecule has 1 aromatic heterocycles. The number of aromatic amines is 1. The van der Waals surface area contributed by atoms with E-state index in [-0.39, 0.29) is 5.91 Å². The standard InChI is InChI=1S/C24H18N4O/c29-24-22(19-8-4-5-9-20(19)28-24)23(17-6-2-1-3-7-17)27-18-12-10-16(11-13-18)21-14-25-15-26-21/h1-15,27H,(H,25,26)(H,28,29)/b23-22-. The zero-order chi connectivity index (χ0) is 19.6. The number of anilines is 2. The highest BCUT2D eigenvalue weighted by Crippen LogP contribution is 2.37. The first-order chi connectivity index (χ1) is 14.3. The minimum absolute atomic E-state index is 0.106. The number of hydrogen-bond acceptors (Lipinski definition) is 3. The molecule has 0 atom stereocenters. The summed E-state index contributed by atoms with van der Waals surface area (Å²) in [6.45, 7) is 0. The Morgan fingerprint density at radius 3 is 2.38 bits per heavy atom. The van der Waals surface area contributed by atoms with Gasteiger partial charge in [-0.25, -0.2) is 4.98 Å². The van der Waals surface area contributed by atoms with Gasteiger partial charge in [0.05, 0.1) is 23.3 Å². The van der Waals surface area contributed by atoms with Crippen LogP contribution >= 0.6 is 0 Å². The van der Waals surface area contributed by atoms with Crippen LogP contribution in [-0.4, -0.2) is 15.9 Å². The number of carbonyl (C=O) groups excluding carboxylic acids is 1. The van der Waals surface area contributed by atoms with Crippen LogP contribution in [-0.2, 0) is 4.79 Å². The normalized spacial score (nSPS) is 14.3. The van der Waals surface area contributed by atoms with Gasteiger partial charge in [-0.2, -0.15) is 0 Å². The van der Waals surface area contributed by atoms with Crippen LogP contribution in [0.5, 0.6) is 0 Å². The lowest BCUT2D eigenvalue weighted by molar-refractivity contribution is -0.110. The molecule has 2 heterocycles. The highest BCUT2D eigenvalue weighted by Gasteiger charge is 2.27. The third kappa shape index (κ3) is 3.19. The van der Waals surface area contributed by atoms with Crippen LogP contribution in [0.1, 0.15) is 11.1 Å². The van der Waals surface area contributed by atoms with Gasteiger partial charge in [-0.3, -0.25) is 4.79 Å². The number of rotatable bonds is 4. The van der Waals surface area contributed by atoms with Crippen LogP contribution in [0.4, 0.5) is 11.4 Å². The number of H-pyrrole nitrogens is 1. The van der Waals surface area contributed by atoms with Gasteiger partial charge in [0.25, 0.3) is 5.91 Å². The van der Waals surface area contributed by atoms with E-state index in [1.54, 1.807) is 6.33 Å². The Hall–Kier alpha value is -4.12. The molecule has 0 bridgehead atoms. The molecule has 5 nitrogen and oxygen atoms in total. The van der Waals surface area contributed by atoms with Crippen molar-refractivity contribution >= 4 is 28.6 Å². The second-order valence-corrected chi connectivity index (χ2v) is 6.77. The van der Waals surface area contributed by atoms with Crippen molar-refractivity contribution in [2.75, 3.05) is 10.6 Å². The molecule has 1 amide bonds. The van der Waals surface area contributed by atoms with Crippen molar-refractivity contribution in [1.29, 1.82) is 0 Å². The number of para-hydroxylation sites is 1. The van der Waals surface area contributed by atoms with Gasteiger partial charge in [0, 0.05) is 28.7 Å². The second-order valence-electron chi connectivity index (χ2n) is 6.77. The van der Waals surface area contributed by atoms with E-state index in [1.807, 2.05) is 85.1 Å². The zero-order valence-electron chi connectivity index (χ0n) is 15.5. The Labute approximate surface area is 168 Å². The van der Waals surface area contributed by atoms with Gasteiger partial charge < -0.3 is 15.6 Å². The third-order valence-electron chi connectivity index (χ3n) is 4.93. The number of aromatic nitrogens is 2. The molecule has 29 heavy (non-hydrogen) atoms. The van der Waals surface area contributed by atoms with Gasteiger partial charge in [-0.15, -0.1) is 0 Å². The number of hydrogen-bond donors (Lipinski definition) is 3. The fourth-order valence-electron chi connectivity index (χ4n) is 3.54. The molecule has 0 fully saturated rings. The van der Waals surface area contributed by atoms with Crippen LogP contribution < -0.4 is 10.6 Å². The maximum atomic E-state index is 12.8. The van der Waals surface area contributed by atoms with E-state index < -0.39 is 0 Å². The van der Waals surface area contributed by atoms with E-state index in [2.05, 4.69) is 20.6 Å². The average molecular weight is 378 g/mol. The fraction of sp³-hybridized carbons (Fsp3) is 0. The highest BCUT2D eigenvalue weighted by atomic mass is 16.2. The summed E-state index contributed by atoms with van der Waals surface area (Å²) in [4.78, 5) is 20.1. The Morgan fingerprint density at radius 1 is 0.862 bits per heavy atom. The van der Waals surface area contributed by atoms with E-state index in [9.17, 15) is 4.79 Å². The summed E-state index contributed by atoms with van der Waals surface area (Å²) in [5.74, 6) is -0.106. The predicted octanol–water partition coefficient (Wildman–Crippen LogP) is 5.01. The lowest BCUT2D eigenvalue weighted by Gasteiger charge is -2.15. The highest BCUT2D eigenvalue weighted by molar-refractivity contribution is 6.37. The van der Waals surface area contributed by atoms with Crippen LogP contribution in [0.2, 0.25) is 0 Å². The van der Waals surface area contributed by atoms with Gasteiger partial charge in [-0.05, 0) is 23.8 Å².